The SMILES string of the molecule is Cc1cccc(C(=O)N2CCC[C@H](n3ccnc3)C2)c1-n1cccc1. The lowest BCUT2D eigenvalue weighted by atomic mass is 10.0. The van der Waals surface area contributed by atoms with E-state index in [-0.39, 0.29) is 5.91 Å². The van der Waals surface area contributed by atoms with Gasteiger partial charge in [0.05, 0.1) is 23.6 Å². The maximum absolute atomic E-state index is 13.3. The lowest BCUT2D eigenvalue weighted by Crippen LogP contribution is -2.40. The van der Waals surface area contributed by atoms with E-state index in [1.807, 2.05) is 58.7 Å². The molecule has 1 atom stereocenters. The molecule has 0 unspecified atom stereocenters. The highest BCUT2D eigenvalue weighted by Gasteiger charge is 2.27. The molecule has 5 heteroatoms. The van der Waals surface area contributed by atoms with Gasteiger partial charge in [0.1, 0.15) is 0 Å². The number of aryl methyl sites for hydroxylation is 1. The van der Waals surface area contributed by atoms with Crippen LogP contribution in [0.5, 0.6) is 0 Å². The third-order valence-electron chi connectivity index (χ3n) is 4.96. The average molecular weight is 334 g/mol. The topological polar surface area (TPSA) is 43.1 Å². The molecule has 5 nitrogen and oxygen atoms in total. The predicted molar refractivity (Wildman–Crippen MR) is 96.9 cm³/mol. The molecule has 128 valence electrons. The van der Waals surface area contributed by atoms with Gasteiger partial charge in [-0.2, -0.15) is 0 Å². The molecule has 0 N–H and O–H groups in total. The number of hydrogen-bond acceptors (Lipinski definition) is 2. The number of piperidine rings is 1. The minimum atomic E-state index is 0.109. The summed E-state index contributed by atoms with van der Waals surface area (Å²) in [5.41, 5.74) is 2.84. The number of nitrogens with zero attached hydrogens (tertiary/aromatic N) is 4. The number of carbonyl (C=O) groups excluding carboxylic acids is 1. The Morgan fingerprint density at radius 2 is 2.00 bits per heavy atom. The zero-order chi connectivity index (χ0) is 17.2. The first-order chi connectivity index (χ1) is 12.2. The first-order valence-corrected chi connectivity index (χ1v) is 8.74. The smallest absolute Gasteiger partial charge is 0.256 e. The first-order valence-electron chi connectivity index (χ1n) is 8.74. The molecule has 0 spiro atoms. The first kappa shape index (κ1) is 15.7. The molecule has 0 saturated carbocycles. The van der Waals surface area contributed by atoms with Crippen molar-refractivity contribution >= 4 is 5.91 Å². The van der Waals surface area contributed by atoms with Crippen LogP contribution in [0.3, 0.4) is 0 Å². The van der Waals surface area contributed by atoms with Crippen molar-refractivity contribution in [1.29, 1.82) is 0 Å². The van der Waals surface area contributed by atoms with Gasteiger partial charge in [-0.05, 0) is 43.5 Å². The second-order valence-corrected chi connectivity index (χ2v) is 6.62. The molecule has 1 aliphatic rings. The minimum Gasteiger partial charge on any atom is -0.337 e. The summed E-state index contributed by atoms with van der Waals surface area (Å²) in [4.78, 5) is 19.4. The van der Waals surface area contributed by atoms with Gasteiger partial charge in [0.15, 0.2) is 0 Å². The van der Waals surface area contributed by atoms with E-state index in [9.17, 15) is 4.79 Å². The number of imidazole rings is 1. The Balaban J connectivity index is 1.64. The second-order valence-electron chi connectivity index (χ2n) is 6.62. The average Bonchev–Trinajstić information content (AvgIpc) is 3.35. The van der Waals surface area contributed by atoms with E-state index in [4.69, 9.17) is 0 Å². The van der Waals surface area contributed by atoms with Gasteiger partial charge in [0.2, 0.25) is 0 Å². The van der Waals surface area contributed by atoms with Crippen molar-refractivity contribution in [2.75, 3.05) is 13.1 Å². The fourth-order valence-corrected chi connectivity index (χ4v) is 3.70. The van der Waals surface area contributed by atoms with Gasteiger partial charge in [-0.1, -0.05) is 12.1 Å². The van der Waals surface area contributed by atoms with Crippen LogP contribution in [0.15, 0.2) is 61.4 Å². The molecule has 1 saturated heterocycles. The molecule has 25 heavy (non-hydrogen) atoms. The molecule has 3 heterocycles. The zero-order valence-corrected chi connectivity index (χ0v) is 14.4. The maximum Gasteiger partial charge on any atom is 0.256 e. The molecule has 0 aliphatic carbocycles. The summed E-state index contributed by atoms with van der Waals surface area (Å²) in [6.45, 7) is 3.59. The van der Waals surface area contributed by atoms with Crippen molar-refractivity contribution in [3.63, 3.8) is 0 Å². The van der Waals surface area contributed by atoms with E-state index in [1.54, 1.807) is 6.20 Å². The van der Waals surface area contributed by atoms with E-state index >= 15 is 0 Å². The van der Waals surface area contributed by atoms with Crippen molar-refractivity contribution in [1.82, 2.24) is 19.0 Å². The van der Waals surface area contributed by atoms with Gasteiger partial charge in [-0.3, -0.25) is 4.79 Å². The van der Waals surface area contributed by atoms with Crippen LogP contribution in [0.4, 0.5) is 0 Å². The van der Waals surface area contributed by atoms with Gasteiger partial charge in [0.25, 0.3) is 5.91 Å². The lowest BCUT2D eigenvalue weighted by Gasteiger charge is -2.34. The number of aromatic nitrogens is 3. The third kappa shape index (κ3) is 2.97. The van der Waals surface area contributed by atoms with Crippen molar-refractivity contribution in [2.24, 2.45) is 0 Å². The molecule has 1 fully saturated rings. The molecule has 1 aromatic carbocycles. The Bertz CT molecular complexity index is 852. The lowest BCUT2D eigenvalue weighted by molar-refractivity contribution is 0.0679. The largest absolute Gasteiger partial charge is 0.337 e. The Labute approximate surface area is 147 Å². The highest BCUT2D eigenvalue weighted by atomic mass is 16.2. The Hall–Kier alpha value is -2.82. The van der Waals surface area contributed by atoms with Crippen LogP contribution in [0.1, 0.15) is 34.8 Å². The summed E-state index contributed by atoms with van der Waals surface area (Å²) < 4.78 is 4.14. The van der Waals surface area contributed by atoms with E-state index < -0.39 is 0 Å². The molecular formula is C20H22N4O. The zero-order valence-electron chi connectivity index (χ0n) is 14.4. The summed E-state index contributed by atoms with van der Waals surface area (Å²) in [6.07, 6.45) is 11.7. The van der Waals surface area contributed by atoms with Crippen LogP contribution in [0.2, 0.25) is 0 Å². The number of hydrogen-bond donors (Lipinski definition) is 0. The molecule has 1 aliphatic heterocycles. The monoisotopic (exact) mass is 334 g/mol. The molecule has 0 bridgehead atoms. The summed E-state index contributed by atoms with van der Waals surface area (Å²) in [7, 11) is 0. The van der Waals surface area contributed by atoms with Gasteiger partial charge in [0, 0.05) is 37.9 Å². The summed E-state index contributed by atoms with van der Waals surface area (Å²) >= 11 is 0. The summed E-state index contributed by atoms with van der Waals surface area (Å²) in [5.74, 6) is 0.109. The quantitative estimate of drug-likeness (QED) is 0.736. The highest BCUT2D eigenvalue weighted by molar-refractivity contribution is 5.98. The van der Waals surface area contributed by atoms with E-state index in [0.29, 0.717) is 6.04 Å². The molecule has 0 radical (unpaired) electrons. The second kappa shape index (κ2) is 6.59. The van der Waals surface area contributed by atoms with Crippen LogP contribution >= 0.6 is 0 Å². The van der Waals surface area contributed by atoms with Crippen molar-refractivity contribution in [2.45, 2.75) is 25.8 Å². The van der Waals surface area contributed by atoms with Crippen LogP contribution < -0.4 is 0 Å². The van der Waals surface area contributed by atoms with Gasteiger partial charge >= 0.3 is 0 Å². The van der Waals surface area contributed by atoms with Crippen molar-refractivity contribution < 1.29 is 4.79 Å². The van der Waals surface area contributed by atoms with E-state index in [0.717, 1.165) is 42.7 Å². The minimum absolute atomic E-state index is 0.109. The molecular weight excluding hydrogens is 312 g/mol. The Morgan fingerprint density at radius 3 is 2.76 bits per heavy atom. The van der Waals surface area contributed by atoms with Crippen molar-refractivity contribution in [3.05, 3.63) is 72.6 Å². The fourth-order valence-electron chi connectivity index (χ4n) is 3.70. The molecule has 1 amide bonds. The fraction of sp³-hybridized carbons (Fsp3) is 0.300. The van der Waals surface area contributed by atoms with Crippen LogP contribution in [0, 0.1) is 6.92 Å². The van der Waals surface area contributed by atoms with Crippen LogP contribution in [-0.4, -0.2) is 38.0 Å². The number of benzene rings is 1. The predicted octanol–water partition coefficient (Wildman–Crippen LogP) is 3.46. The van der Waals surface area contributed by atoms with E-state index in [1.165, 1.54) is 0 Å². The van der Waals surface area contributed by atoms with Gasteiger partial charge in [-0.15, -0.1) is 0 Å². The summed E-state index contributed by atoms with van der Waals surface area (Å²) in [6, 6.07) is 10.2. The summed E-state index contributed by atoms with van der Waals surface area (Å²) in [5, 5.41) is 0. The molecule has 4 rings (SSSR count). The van der Waals surface area contributed by atoms with Gasteiger partial charge in [-0.25, -0.2) is 4.98 Å². The molecule has 2 aromatic heterocycles. The van der Waals surface area contributed by atoms with Crippen LogP contribution in [-0.2, 0) is 0 Å². The number of para-hydroxylation sites is 1. The Kier molecular flexibility index (Phi) is 4.14. The number of rotatable bonds is 3. The molecule has 3 aromatic rings. The maximum atomic E-state index is 13.3. The normalized spacial score (nSPS) is 17.6. The van der Waals surface area contributed by atoms with Gasteiger partial charge < -0.3 is 14.0 Å². The highest BCUT2D eigenvalue weighted by Crippen LogP contribution is 2.26. The number of carbonyl (C=O) groups is 1. The number of amides is 1. The number of likely N-dealkylation sites (tertiary alicyclic amines) is 1. The van der Waals surface area contributed by atoms with Crippen molar-refractivity contribution in [3.8, 4) is 5.69 Å². The standard InChI is InChI=1S/C20H22N4O/c1-16-6-4-8-18(19(16)22-10-2-3-11-22)20(25)23-12-5-7-17(14-23)24-13-9-21-15-24/h2-4,6,8-11,13,15,17H,5,7,12,14H2,1H3/t17-/m0/s1. The third-order valence-corrected chi connectivity index (χ3v) is 4.96. The Morgan fingerprint density at radius 1 is 1.16 bits per heavy atom. The van der Waals surface area contributed by atoms with E-state index in [2.05, 4.69) is 22.5 Å². The van der Waals surface area contributed by atoms with Crippen LogP contribution in [0.25, 0.3) is 5.69 Å².